The molecule has 0 heterocycles. The second-order valence-corrected chi connectivity index (χ2v) is 12.0. The summed E-state index contributed by atoms with van der Waals surface area (Å²) in [6, 6.07) is 5.90. The van der Waals surface area contributed by atoms with Crippen molar-refractivity contribution in [2.45, 2.75) is 71.3 Å². The number of carbonyl (C=O) groups excluding carboxylic acids is 1. The molecule has 4 aliphatic carbocycles. The third kappa shape index (κ3) is 4.25. The molecule has 5 rings (SSSR count). The Morgan fingerprint density at radius 3 is 2.69 bits per heavy atom. The number of methoxy groups -OCH3 is 1. The zero-order chi connectivity index (χ0) is 24.8. The molecule has 0 amide bonds. The number of hydrogen-bond donors (Lipinski definition) is 1. The minimum atomic E-state index is -0.266. The van der Waals surface area contributed by atoms with Crippen molar-refractivity contribution in [2.75, 3.05) is 19.6 Å². The fraction of sp³-hybridized carbons (Fsp3) is 0.633. The molecule has 4 nitrogen and oxygen atoms in total. The first-order valence-electron chi connectivity index (χ1n) is 13.3. The molecule has 3 fully saturated rings. The molecule has 6 atom stereocenters. The second kappa shape index (κ2) is 9.59. The summed E-state index contributed by atoms with van der Waals surface area (Å²) in [5.74, 6) is 3.83. The summed E-state index contributed by atoms with van der Waals surface area (Å²) in [4.78, 5) is 13.8. The van der Waals surface area contributed by atoms with Gasteiger partial charge in [0.05, 0.1) is 19.8 Å². The number of ketones is 1. The van der Waals surface area contributed by atoms with Gasteiger partial charge in [0, 0.05) is 11.3 Å². The van der Waals surface area contributed by atoms with Gasteiger partial charge >= 0.3 is 0 Å². The van der Waals surface area contributed by atoms with E-state index in [0.29, 0.717) is 47.5 Å². The predicted octanol–water partition coefficient (Wildman–Crippen LogP) is 6.59. The second-order valence-electron chi connectivity index (χ2n) is 11.6. The molecule has 3 saturated carbocycles. The van der Waals surface area contributed by atoms with E-state index in [0.717, 1.165) is 62.5 Å². The first kappa shape index (κ1) is 24.9. The standard InChI is InChI=1S/C30H39ClO4/c1-29-11-9-22(32)18-21(29)6-7-23-24(29)10-12-30(2)25(23)17-20(28(30)33)15-19-5-8-26(27(16-19)34-3)35-14-4-13-31/h5-6,8,15-16,22-25,32H,4,7,9-14,17-18H2,1-3H3/b20-15-/t22-,23+,24-,25-,29-,30-/m0/s1. The molecular weight excluding hydrogens is 460 g/mol. The van der Waals surface area contributed by atoms with Crippen molar-refractivity contribution in [2.24, 2.45) is 28.6 Å². The van der Waals surface area contributed by atoms with Gasteiger partial charge in [0.25, 0.3) is 0 Å². The number of allylic oxidation sites excluding steroid dienone is 2. The summed E-state index contributed by atoms with van der Waals surface area (Å²) < 4.78 is 11.4. The van der Waals surface area contributed by atoms with Crippen LogP contribution in [0.15, 0.2) is 35.4 Å². The number of aliphatic hydroxyl groups excluding tert-OH is 1. The quantitative estimate of drug-likeness (QED) is 0.208. The SMILES string of the molecule is COc1cc(/C=C2/C[C@H]3[C@@H]4CC=C5C[C@@H](O)CC[C@]5(C)[C@H]4CC[C@]3(C)C2=O)ccc1OCCCCl. The van der Waals surface area contributed by atoms with E-state index in [-0.39, 0.29) is 16.9 Å². The number of fused-ring (bicyclic) bond motifs is 5. The molecule has 190 valence electrons. The Morgan fingerprint density at radius 2 is 1.91 bits per heavy atom. The van der Waals surface area contributed by atoms with E-state index >= 15 is 0 Å². The normalized spacial score (nSPS) is 37.3. The van der Waals surface area contributed by atoms with E-state index in [1.807, 2.05) is 18.2 Å². The van der Waals surface area contributed by atoms with Crippen molar-refractivity contribution >= 4 is 23.5 Å². The van der Waals surface area contributed by atoms with Gasteiger partial charge in [-0.05, 0) is 104 Å². The topological polar surface area (TPSA) is 55.8 Å². The van der Waals surface area contributed by atoms with Crippen LogP contribution in [0.2, 0.25) is 0 Å². The summed E-state index contributed by atoms with van der Waals surface area (Å²) >= 11 is 5.76. The Labute approximate surface area is 214 Å². The molecule has 0 spiro atoms. The lowest BCUT2D eigenvalue weighted by atomic mass is 9.48. The summed E-state index contributed by atoms with van der Waals surface area (Å²) in [5.41, 5.74) is 3.33. The van der Waals surface area contributed by atoms with Crippen LogP contribution in [0.1, 0.15) is 70.8 Å². The van der Waals surface area contributed by atoms with E-state index in [9.17, 15) is 9.90 Å². The van der Waals surface area contributed by atoms with E-state index in [4.69, 9.17) is 21.1 Å². The lowest BCUT2D eigenvalue weighted by Crippen LogP contribution is -2.50. The lowest BCUT2D eigenvalue weighted by molar-refractivity contribution is -0.130. The Balaban J connectivity index is 1.40. The van der Waals surface area contributed by atoms with E-state index in [1.165, 1.54) is 5.57 Å². The number of halogens is 1. The number of rotatable bonds is 6. The highest BCUT2D eigenvalue weighted by molar-refractivity contribution is 6.17. The molecule has 1 aromatic carbocycles. The van der Waals surface area contributed by atoms with Gasteiger partial charge in [-0.25, -0.2) is 0 Å². The smallest absolute Gasteiger partial charge is 0.165 e. The van der Waals surface area contributed by atoms with Crippen LogP contribution in [0.25, 0.3) is 6.08 Å². The molecule has 35 heavy (non-hydrogen) atoms. The number of alkyl halides is 1. The van der Waals surface area contributed by atoms with Crippen molar-refractivity contribution in [1.82, 2.24) is 0 Å². The Bertz CT molecular complexity index is 1040. The van der Waals surface area contributed by atoms with E-state index < -0.39 is 0 Å². The summed E-state index contributed by atoms with van der Waals surface area (Å²) in [7, 11) is 1.65. The van der Waals surface area contributed by atoms with Crippen LogP contribution in [0.4, 0.5) is 0 Å². The number of ether oxygens (including phenoxy) is 2. The summed E-state index contributed by atoms with van der Waals surface area (Å²) in [6.07, 6.45) is 11.9. The fourth-order valence-electron chi connectivity index (χ4n) is 7.77. The predicted molar refractivity (Wildman–Crippen MR) is 140 cm³/mol. The van der Waals surface area contributed by atoms with Crippen molar-refractivity contribution < 1.29 is 19.4 Å². The van der Waals surface area contributed by atoms with Crippen LogP contribution in [0.3, 0.4) is 0 Å². The number of carbonyl (C=O) groups is 1. The maximum atomic E-state index is 13.8. The van der Waals surface area contributed by atoms with Crippen LogP contribution >= 0.6 is 11.6 Å². The third-order valence-corrected chi connectivity index (χ3v) is 10.0. The molecule has 0 saturated heterocycles. The van der Waals surface area contributed by atoms with Gasteiger partial charge in [-0.2, -0.15) is 0 Å². The van der Waals surface area contributed by atoms with Crippen molar-refractivity contribution in [1.29, 1.82) is 0 Å². The molecule has 0 aromatic heterocycles. The van der Waals surface area contributed by atoms with Gasteiger partial charge in [0.1, 0.15) is 0 Å². The van der Waals surface area contributed by atoms with Gasteiger partial charge in [-0.1, -0.05) is 31.6 Å². The molecule has 0 radical (unpaired) electrons. The summed E-state index contributed by atoms with van der Waals surface area (Å²) in [6.45, 7) is 5.20. The Hall–Kier alpha value is -1.78. The monoisotopic (exact) mass is 498 g/mol. The van der Waals surface area contributed by atoms with Crippen LogP contribution in [0.5, 0.6) is 11.5 Å². The largest absolute Gasteiger partial charge is 0.493 e. The maximum Gasteiger partial charge on any atom is 0.165 e. The molecule has 5 heteroatoms. The fourth-order valence-corrected chi connectivity index (χ4v) is 7.88. The Kier molecular flexibility index (Phi) is 6.82. The van der Waals surface area contributed by atoms with Crippen molar-refractivity contribution in [3.05, 3.63) is 41.0 Å². The highest BCUT2D eigenvalue weighted by Crippen LogP contribution is 2.64. The highest BCUT2D eigenvalue weighted by atomic mass is 35.5. The van der Waals surface area contributed by atoms with Crippen LogP contribution in [-0.2, 0) is 4.79 Å². The molecule has 0 aliphatic heterocycles. The summed E-state index contributed by atoms with van der Waals surface area (Å²) in [5, 5.41) is 10.3. The zero-order valence-corrected chi connectivity index (χ0v) is 22.1. The average molecular weight is 499 g/mol. The average Bonchev–Trinajstić information content (AvgIpc) is 3.10. The van der Waals surface area contributed by atoms with Gasteiger partial charge in [0.2, 0.25) is 0 Å². The number of aliphatic hydroxyl groups is 1. The van der Waals surface area contributed by atoms with Gasteiger partial charge in [-0.15, -0.1) is 11.6 Å². The molecule has 4 aliphatic rings. The van der Waals surface area contributed by atoms with E-state index in [1.54, 1.807) is 7.11 Å². The van der Waals surface area contributed by atoms with Gasteiger partial charge in [0.15, 0.2) is 17.3 Å². The minimum Gasteiger partial charge on any atom is -0.493 e. The van der Waals surface area contributed by atoms with Crippen molar-refractivity contribution in [3.63, 3.8) is 0 Å². The zero-order valence-electron chi connectivity index (χ0n) is 21.3. The number of Topliss-reactive ketones (excluding diaryl/α,β-unsaturated/α-hetero) is 1. The highest BCUT2D eigenvalue weighted by Gasteiger charge is 2.59. The molecular formula is C30H39ClO4. The maximum absolute atomic E-state index is 13.8. The molecule has 1 N–H and O–H groups in total. The third-order valence-electron chi connectivity index (χ3n) is 9.78. The van der Waals surface area contributed by atoms with Crippen LogP contribution in [-0.4, -0.2) is 36.6 Å². The van der Waals surface area contributed by atoms with Crippen LogP contribution in [0, 0.1) is 28.6 Å². The first-order valence-corrected chi connectivity index (χ1v) is 13.8. The minimum absolute atomic E-state index is 0.184. The van der Waals surface area contributed by atoms with Crippen molar-refractivity contribution in [3.8, 4) is 11.5 Å². The lowest BCUT2D eigenvalue weighted by Gasteiger charge is -2.56. The van der Waals surface area contributed by atoms with E-state index in [2.05, 4.69) is 26.0 Å². The number of hydrogen-bond acceptors (Lipinski definition) is 4. The first-order chi connectivity index (χ1) is 16.8. The number of benzene rings is 1. The molecule has 1 aromatic rings. The molecule has 0 unspecified atom stereocenters. The van der Waals surface area contributed by atoms with Gasteiger partial charge in [-0.3, -0.25) is 4.79 Å². The van der Waals surface area contributed by atoms with Crippen LogP contribution < -0.4 is 9.47 Å². The molecule has 0 bridgehead atoms. The van der Waals surface area contributed by atoms with Gasteiger partial charge < -0.3 is 14.6 Å². The Morgan fingerprint density at radius 1 is 1.11 bits per heavy atom.